The molecule has 3 rings (SSSR count). The van der Waals surface area contributed by atoms with Gasteiger partial charge in [0.1, 0.15) is 12.2 Å². The molecule has 3 saturated heterocycles. The minimum atomic E-state index is -0.778. The van der Waals surface area contributed by atoms with Gasteiger partial charge in [-0.2, -0.15) is 0 Å². The van der Waals surface area contributed by atoms with Crippen LogP contribution in [0, 0.1) is 0 Å². The van der Waals surface area contributed by atoms with Gasteiger partial charge in [-0.25, -0.2) is 4.79 Å². The van der Waals surface area contributed by atoms with Gasteiger partial charge < -0.3 is 49.9 Å². The molecule has 284 valence electrons. The van der Waals surface area contributed by atoms with E-state index in [0.29, 0.717) is 37.2 Å². The zero-order valence-corrected chi connectivity index (χ0v) is 29.0. The van der Waals surface area contributed by atoms with E-state index in [1.54, 1.807) is 0 Å². The van der Waals surface area contributed by atoms with Gasteiger partial charge in [0.15, 0.2) is 12.6 Å². The number of amides is 5. The predicted octanol–water partition coefficient (Wildman–Crippen LogP) is -1.39. The van der Waals surface area contributed by atoms with Crippen LogP contribution in [-0.4, -0.2) is 145 Å². The molecule has 0 spiro atoms. The van der Waals surface area contributed by atoms with E-state index in [0.717, 1.165) is 12.8 Å². The molecular weight excluding hydrogens is 662 g/mol. The van der Waals surface area contributed by atoms with E-state index in [-0.39, 0.29) is 84.0 Å². The maximum Gasteiger partial charge on any atom is 0.333 e. The van der Waals surface area contributed by atoms with Crippen LogP contribution in [0.3, 0.4) is 0 Å². The second-order valence-electron chi connectivity index (χ2n) is 12.7. The maximum absolute atomic E-state index is 12.7. The van der Waals surface area contributed by atoms with Crippen molar-refractivity contribution in [3.63, 3.8) is 0 Å². The molecule has 5 N–H and O–H groups in total. The molecule has 3 aliphatic heterocycles. The van der Waals surface area contributed by atoms with Crippen molar-refractivity contribution in [2.24, 2.45) is 0 Å². The summed E-state index contributed by atoms with van der Waals surface area (Å²) >= 11 is 0. The van der Waals surface area contributed by atoms with Gasteiger partial charge in [-0.15, -0.1) is 5.06 Å². The van der Waals surface area contributed by atoms with E-state index in [9.17, 15) is 39.0 Å². The van der Waals surface area contributed by atoms with Crippen LogP contribution >= 0.6 is 0 Å². The molecule has 0 aromatic carbocycles. The van der Waals surface area contributed by atoms with Crippen molar-refractivity contribution in [3.05, 3.63) is 0 Å². The number of nitrogens with one attached hydrogen (secondary N) is 3. The zero-order chi connectivity index (χ0) is 36.5. The van der Waals surface area contributed by atoms with Crippen LogP contribution in [0.1, 0.15) is 78.1 Å². The number of aliphatic hydroxyl groups is 2. The first-order chi connectivity index (χ1) is 23.9. The maximum atomic E-state index is 12.7. The summed E-state index contributed by atoms with van der Waals surface area (Å²) in [6, 6.07) is 0. The second kappa shape index (κ2) is 21.8. The largest absolute Gasteiger partial charge is 0.388 e. The molecule has 0 bridgehead atoms. The lowest BCUT2D eigenvalue weighted by atomic mass is 10.1. The van der Waals surface area contributed by atoms with E-state index in [4.69, 9.17) is 23.8 Å². The van der Waals surface area contributed by atoms with Crippen LogP contribution in [-0.2, 0) is 52.6 Å². The Kier molecular flexibility index (Phi) is 18.0. The number of hydroxylamine groups is 2. The van der Waals surface area contributed by atoms with Crippen LogP contribution in [0.4, 0.5) is 0 Å². The number of imide groups is 1. The van der Waals surface area contributed by atoms with Crippen molar-refractivity contribution in [1.82, 2.24) is 25.9 Å². The van der Waals surface area contributed by atoms with Crippen molar-refractivity contribution in [2.45, 2.75) is 115 Å². The first-order valence-electron chi connectivity index (χ1n) is 17.4. The Morgan fingerprint density at radius 2 is 1.18 bits per heavy atom. The molecule has 5 amide bonds. The van der Waals surface area contributed by atoms with Gasteiger partial charge in [0.05, 0.1) is 45.1 Å². The number of unbranched alkanes of at least 4 members (excludes halogenated alkanes) is 2. The molecule has 0 aliphatic carbocycles. The lowest BCUT2D eigenvalue weighted by Gasteiger charge is -2.32. The van der Waals surface area contributed by atoms with E-state index >= 15 is 0 Å². The Balaban J connectivity index is 1.37. The quantitative estimate of drug-likeness (QED) is 0.0681. The first kappa shape index (κ1) is 41.2. The fourth-order valence-corrected chi connectivity index (χ4v) is 5.44. The van der Waals surface area contributed by atoms with Crippen LogP contribution in [0.25, 0.3) is 0 Å². The Morgan fingerprint density at radius 1 is 0.720 bits per heavy atom. The number of aliphatic hydroxyl groups excluding tert-OH is 2. The molecular formula is C32H53N5O13. The van der Waals surface area contributed by atoms with Crippen LogP contribution < -0.4 is 16.0 Å². The summed E-state index contributed by atoms with van der Waals surface area (Å²) in [6.45, 7) is 3.69. The highest BCUT2D eigenvalue weighted by molar-refractivity contribution is 6.01. The monoisotopic (exact) mass is 715 g/mol. The van der Waals surface area contributed by atoms with Gasteiger partial charge in [-0.1, -0.05) is 6.42 Å². The van der Waals surface area contributed by atoms with Crippen molar-refractivity contribution < 1.29 is 62.8 Å². The molecule has 0 radical (unpaired) electrons. The smallest absolute Gasteiger partial charge is 0.333 e. The molecule has 3 aliphatic rings. The summed E-state index contributed by atoms with van der Waals surface area (Å²) in [6.07, 6.45) is 0.946. The normalized spacial score (nSPS) is 25.4. The summed E-state index contributed by atoms with van der Waals surface area (Å²) < 4.78 is 22.3. The third kappa shape index (κ3) is 15.3. The highest BCUT2D eigenvalue weighted by Gasteiger charge is 2.33. The van der Waals surface area contributed by atoms with E-state index in [1.165, 1.54) is 4.90 Å². The number of rotatable bonds is 21. The Morgan fingerprint density at radius 3 is 1.66 bits per heavy atom. The predicted molar refractivity (Wildman–Crippen MR) is 172 cm³/mol. The van der Waals surface area contributed by atoms with Gasteiger partial charge in [-0.05, 0) is 52.4 Å². The lowest BCUT2D eigenvalue weighted by Crippen LogP contribution is -2.48. The summed E-state index contributed by atoms with van der Waals surface area (Å²) in [5, 5.41) is 28.7. The number of nitrogens with zero attached hydrogens (tertiary/aromatic N) is 2. The molecule has 3 fully saturated rings. The molecule has 50 heavy (non-hydrogen) atoms. The highest BCUT2D eigenvalue weighted by Crippen LogP contribution is 2.21. The first-order valence-corrected chi connectivity index (χ1v) is 17.4. The third-order valence-electron chi connectivity index (χ3n) is 8.19. The van der Waals surface area contributed by atoms with E-state index < -0.39 is 60.3 Å². The zero-order valence-electron chi connectivity index (χ0n) is 29.0. The summed E-state index contributed by atoms with van der Waals surface area (Å²) in [5.74, 6) is -3.09. The van der Waals surface area contributed by atoms with Crippen molar-refractivity contribution in [1.29, 1.82) is 0 Å². The Bertz CT molecular complexity index is 1080. The lowest BCUT2D eigenvalue weighted by molar-refractivity contribution is -0.235. The van der Waals surface area contributed by atoms with Crippen LogP contribution in [0.2, 0.25) is 0 Å². The topological polar surface area (TPSA) is 232 Å². The van der Waals surface area contributed by atoms with Gasteiger partial charge in [0.25, 0.3) is 11.8 Å². The summed E-state index contributed by atoms with van der Waals surface area (Å²) in [5.41, 5.74) is 0. The van der Waals surface area contributed by atoms with E-state index in [2.05, 4.69) is 16.0 Å². The van der Waals surface area contributed by atoms with E-state index in [1.807, 2.05) is 13.8 Å². The van der Waals surface area contributed by atoms with Gasteiger partial charge >= 0.3 is 5.97 Å². The fraction of sp³-hybridized carbons (Fsp3) is 0.812. The minimum absolute atomic E-state index is 0.000143. The fourth-order valence-electron chi connectivity index (χ4n) is 5.44. The van der Waals surface area contributed by atoms with Crippen molar-refractivity contribution in [2.75, 3.05) is 52.5 Å². The molecule has 0 unspecified atom stereocenters. The molecule has 6 atom stereocenters. The number of hydrogen-bond donors (Lipinski definition) is 5. The van der Waals surface area contributed by atoms with Crippen molar-refractivity contribution >= 4 is 35.5 Å². The van der Waals surface area contributed by atoms with Gasteiger partial charge in [-0.3, -0.25) is 28.9 Å². The Hall–Kier alpha value is -3.26. The van der Waals surface area contributed by atoms with Crippen LogP contribution in [0.5, 0.6) is 0 Å². The molecule has 18 heteroatoms. The van der Waals surface area contributed by atoms with Crippen LogP contribution in [0.15, 0.2) is 0 Å². The minimum Gasteiger partial charge on any atom is -0.388 e. The summed E-state index contributed by atoms with van der Waals surface area (Å²) in [7, 11) is 0. The summed E-state index contributed by atoms with van der Waals surface area (Å²) in [4.78, 5) is 79.4. The number of carbonyl (C=O) groups is 6. The number of carbonyl (C=O) groups excluding carboxylic acids is 6. The second-order valence-corrected chi connectivity index (χ2v) is 12.7. The molecule has 0 aromatic rings. The standard InChI is InChI=1S/C32H53N5O13/c1-21-7-9-23(38)31(48-21)46-16-14-34-26(41)19-36(20-27(42)35-15-17-47-32-24(39)10-8-22(2)49-32)18-25(40)33-13-5-3-4-6-30(45)50-37-28(43)11-12-29(37)44/h21-24,31-32,38-39H,3-20H2,1-2H3,(H,33,40)(H,34,41)(H,35,42)/t21-,22+,23-,24-,31+,32-/m0/s1. The van der Waals surface area contributed by atoms with Gasteiger partial charge in [0.2, 0.25) is 17.7 Å². The third-order valence-corrected chi connectivity index (χ3v) is 8.19. The number of hydrogen-bond acceptors (Lipinski definition) is 14. The Labute approximate surface area is 291 Å². The average Bonchev–Trinajstić information content (AvgIpc) is 3.38. The molecule has 18 nitrogen and oxygen atoms in total. The van der Waals surface area contributed by atoms with Crippen molar-refractivity contribution in [3.8, 4) is 0 Å². The average molecular weight is 716 g/mol. The molecule has 0 aromatic heterocycles. The van der Waals surface area contributed by atoms with Gasteiger partial charge in [0, 0.05) is 38.9 Å². The molecule has 3 heterocycles. The highest BCUT2D eigenvalue weighted by atomic mass is 16.7. The molecule has 0 saturated carbocycles. The number of ether oxygens (including phenoxy) is 4. The SMILES string of the molecule is C[C@@H]1CC[C@H](O)[C@@H](OCCNC(=O)CN(CC(=O)NCCCCCC(=O)ON2C(=O)CCC2=O)CC(=O)NCCO[C@@H]2O[C@@H](C)CC[C@@H]2O)O1.